The van der Waals surface area contributed by atoms with Crippen LogP contribution in [0.25, 0.3) is 10.9 Å². The van der Waals surface area contributed by atoms with Crippen molar-refractivity contribution in [2.45, 2.75) is 32.1 Å². The standard InChI is InChI=1S/C19H25N3O3/c1-25-15-6-7-17-16(11-15)14(12-21-17)8-9-20-18(23)13-22-10-4-2-3-5-19(22)24/h6-7,11-12,21H,2-5,8-10,13H2,1H3,(H,20,23). The van der Waals surface area contributed by atoms with Crippen LogP contribution in [0.15, 0.2) is 24.4 Å². The number of methoxy groups -OCH3 is 1. The van der Waals surface area contributed by atoms with Crippen LogP contribution in [0.3, 0.4) is 0 Å². The van der Waals surface area contributed by atoms with Crippen molar-refractivity contribution >= 4 is 22.7 Å². The van der Waals surface area contributed by atoms with Crippen LogP contribution in [-0.2, 0) is 16.0 Å². The number of hydrogen-bond acceptors (Lipinski definition) is 3. The number of ether oxygens (including phenoxy) is 1. The van der Waals surface area contributed by atoms with Gasteiger partial charge < -0.3 is 19.9 Å². The van der Waals surface area contributed by atoms with Gasteiger partial charge in [0.1, 0.15) is 5.75 Å². The maximum Gasteiger partial charge on any atom is 0.239 e. The maximum absolute atomic E-state index is 12.1. The smallest absolute Gasteiger partial charge is 0.239 e. The third-order valence-corrected chi connectivity index (χ3v) is 4.70. The predicted octanol–water partition coefficient (Wildman–Crippen LogP) is 2.24. The minimum absolute atomic E-state index is 0.0901. The van der Waals surface area contributed by atoms with Gasteiger partial charge in [-0.3, -0.25) is 9.59 Å². The largest absolute Gasteiger partial charge is 0.497 e. The molecule has 0 unspecified atom stereocenters. The van der Waals surface area contributed by atoms with E-state index in [1.54, 1.807) is 12.0 Å². The van der Waals surface area contributed by atoms with E-state index in [0.29, 0.717) is 19.5 Å². The van der Waals surface area contributed by atoms with Crippen molar-refractivity contribution in [1.82, 2.24) is 15.2 Å². The lowest BCUT2D eigenvalue weighted by Crippen LogP contribution is -2.41. The summed E-state index contributed by atoms with van der Waals surface area (Å²) in [7, 11) is 1.65. The zero-order chi connectivity index (χ0) is 17.6. The summed E-state index contributed by atoms with van der Waals surface area (Å²) in [5, 5.41) is 4.03. The molecule has 2 aromatic rings. The number of nitrogens with one attached hydrogen (secondary N) is 2. The number of nitrogens with zero attached hydrogens (tertiary/aromatic N) is 1. The average Bonchev–Trinajstić information content (AvgIpc) is 2.91. The molecule has 25 heavy (non-hydrogen) atoms. The van der Waals surface area contributed by atoms with Crippen LogP contribution < -0.4 is 10.1 Å². The first kappa shape index (κ1) is 17.3. The van der Waals surface area contributed by atoms with Gasteiger partial charge in [0.15, 0.2) is 0 Å². The molecule has 1 aromatic carbocycles. The van der Waals surface area contributed by atoms with Gasteiger partial charge in [-0.05, 0) is 43.0 Å². The second kappa shape index (κ2) is 8.05. The first-order valence-corrected chi connectivity index (χ1v) is 8.86. The molecule has 0 radical (unpaired) electrons. The number of fused-ring (bicyclic) bond motifs is 1. The number of aromatic nitrogens is 1. The summed E-state index contributed by atoms with van der Waals surface area (Å²) in [6, 6.07) is 5.91. The Morgan fingerprint density at radius 1 is 1.32 bits per heavy atom. The molecule has 1 aromatic heterocycles. The molecule has 0 saturated carbocycles. The summed E-state index contributed by atoms with van der Waals surface area (Å²) < 4.78 is 5.27. The molecular formula is C19H25N3O3. The van der Waals surface area contributed by atoms with Gasteiger partial charge >= 0.3 is 0 Å². The fourth-order valence-corrected chi connectivity index (χ4v) is 3.26. The number of hydrogen-bond donors (Lipinski definition) is 2. The molecule has 0 bridgehead atoms. The second-order valence-corrected chi connectivity index (χ2v) is 6.45. The Hall–Kier alpha value is -2.50. The zero-order valence-electron chi connectivity index (χ0n) is 14.6. The van der Waals surface area contributed by atoms with Crippen LogP contribution in [0.5, 0.6) is 5.75 Å². The molecule has 0 aliphatic carbocycles. The summed E-state index contributed by atoms with van der Waals surface area (Å²) >= 11 is 0. The van der Waals surface area contributed by atoms with E-state index in [4.69, 9.17) is 4.74 Å². The van der Waals surface area contributed by atoms with Gasteiger partial charge in [0.25, 0.3) is 0 Å². The Bertz CT molecular complexity index is 753. The topological polar surface area (TPSA) is 74.4 Å². The first-order chi connectivity index (χ1) is 12.2. The van der Waals surface area contributed by atoms with E-state index < -0.39 is 0 Å². The number of benzene rings is 1. The molecule has 1 aliphatic rings. The molecule has 1 saturated heterocycles. The van der Waals surface area contributed by atoms with E-state index in [1.165, 1.54) is 0 Å². The number of carbonyl (C=O) groups is 2. The lowest BCUT2D eigenvalue weighted by molar-refractivity contribution is -0.135. The van der Waals surface area contributed by atoms with Crippen molar-refractivity contribution in [3.8, 4) is 5.75 Å². The van der Waals surface area contributed by atoms with Crippen molar-refractivity contribution in [2.75, 3.05) is 26.7 Å². The molecular weight excluding hydrogens is 318 g/mol. The fourth-order valence-electron chi connectivity index (χ4n) is 3.26. The first-order valence-electron chi connectivity index (χ1n) is 8.86. The molecule has 134 valence electrons. The van der Waals surface area contributed by atoms with Crippen LogP contribution in [0.1, 0.15) is 31.2 Å². The van der Waals surface area contributed by atoms with E-state index >= 15 is 0 Å². The van der Waals surface area contributed by atoms with E-state index in [9.17, 15) is 9.59 Å². The predicted molar refractivity (Wildman–Crippen MR) is 96.6 cm³/mol. The number of aromatic amines is 1. The Balaban J connectivity index is 1.52. The Labute approximate surface area is 147 Å². The molecule has 2 amide bonds. The number of rotatable bonds is 6. The summed E-state index contributed by atoms with van der Waals surface area (Å²) in [5.41, 5.74) is 2.19. The minimum Gasteiger partial charge on any atom is -0.497 e. The van der Waals surface area contributed by atoms with Crippen molar-refractivity contribution in [1.29, 1.82) is 0 Å². The van der Waals surface area contributed by atoms with Crippen LogP contribution in [0.2, 0.25) is 0 Å². The number of H-pyrrole nitrogens is 1. The fraction of sp³-hybridized carbons (Fsp3) is 0.474. The molecule has 1 fully saturated rings. The Kier molecular flexibility index (Phi) is 5.58. The SMILES string of the molecule is COc1ccc2[nH]cc(CCNC(=O)CN3CCCCCC3=O)c2c1. The van der Waals surface area contributed by atoms with Gasteiger partial charge in [-0.2, -0.15) is 0 Å². The number of amides is 2. The summed E-state index contributed by atoms with van der Waals surface area (Å²) in [6.07, 6.45) is 6.23. The van der Waals surface area contributed by atoms with Crippen LogP contribution in [-0.4, -0.2) is 48.4 Å². The highest BCUT2D eigenvalue weighted by atomic mass is 16.5. The lowest BCUT2D eigenvalue weighted by atomic mass is 10.1. The molecule has 3 rings (SSSR count). The summed E-state index contributed by atoms with van der Waals surface area (Å²) in [6.45, 7) is 1.40. The highest BCUT2D eigenvalue weighted by Gasteiger charge is 2.18. The highest BCUT2D eigenvalue weighted by molar-refractivity contribution is 5.86. The average molecular weight is 343 g/mol. The third kappa shape index (κ3) is 4.32. The Morgan fingerprint density at radius 2 is 2.20 bits per heavy atom. The van der Waals surface area contributed by atoms with Crippen LogP contribution in [0.4, 0.5) is 0 Å². The summed E-state index contributed by atoms with van der Waals surface area (Å²) in [4.78, 5) is 29.0. The van der Waals surface area contributed by atoms with Crippen molar-refractivity contribution in [2.24, 2.45) is 0 Å². The molecule has 0 spiro atoms. The maximum atomic E-state index is 12.1. The quantitative estimate of drug-likeness (QED) is 0.845. The van der Waals surface area contributed by atoms with E-state index in [1.807, 2.05) is 24.4 Å². The van der Waals surface area contributed by atoms with E-state index in [0.717, 1.165) is 47.9 Å². The molecule has 2 heterocycles. The summed E-state index contributed by atoms with van der Waals surface area (Å²) in [5.74, 6) is 0.820. The van der Waals surface area contributed by atoms with Crippen molar-refractivity contribution in [3.05, 3.63) is 30.0 Å². The molecule has 1 aliphatic heterocycles. The van der Waals surface area contributed by atoms with Crippen LogP contribution in [0, 0.1) is 0 Å². The Morgan fingerprint density at radius 3 is 3.04 bits per heavy atom. The number of carbonyl (C=O) groups excluding carboxylic acids is 2. The second-order valence-electron chi connectivity index (χ2n) is 6.45. The van der Waals surface area contributed by atoms with Gasteiger partial charge in [-0.1, -0.05) is 6.42 Å². The van der Waals surface area contributed by atoms with Gasteiger partial charge in [-0.15, -0.1) is 0 Å². The van der Waals surface area contributed by atoms with E-state index in [2.05, 4.69) is 10.3 Å². The van der Waals surface area contributed by atoms with E-state index in [-0.39, 0.29) is 18.4 Å². The van der Waals surface area contributed by atoms with Crippen molar-refractivity contribution in [3.63, 3.8) is 0 Å². The van der Waals surface area contributed by atoms with Crippen LogP contribution >= 0.6 is 0 Å². The molecule has 6 nitrogen and oxygen atoms in total. The lowest BCUT2D eigenvalue weighted by Gasteiger charge is -2.19. The highest BCUT2D eigenvalue weighted by Crippen LogP contribution is 2.23. The van der Waals surface area contributed by atoms with Crippen molar-refractivity contribution < 1.29 is 14.3 Å². The number of likely N-dealkylation sites (tertiary alicyclic amines) is 1. The minimum atomic E-state index is -0.0901. The van der Waals surface area contributed by atoms with Gasteiger partial charge in [0.2, 0.25) is 11.8 Å². The van der Waals surface area contributed by atoms with Gasteiger partial charge in [-0.25, -0.2) is 0 Å². The van der Waals surface area contributed by atoms with Gasteiger partial charge in [0, 0.05) is 36.6 Å². The monoisotopic (exact) mass is 343 g/mol. The molecule has 0 atom stereocenters. The molecule has 6 heteroatoms. The van der Waals surface area contributed by atoms with Gasteiger partial charge in [0.05, 0.1) is 13.7 Å². The zero-order valence-corrected chi connectivity index (χ0v) is 14.6. The normalized spacial score (nSPS) is 15.2. The third-order valence-electron chi connectivity index (χ3n) is 4.70. The molecule has 2 N–H and O–H groups in total.